The van der Waals surface area contributed by atoms with E-state index in [9.17, 15) is 4.79 Å². The lowest BCUT2D eigenvalue weighted by atomic mass is 10.1. The number of aromatic nitrogens is 4. The van der Waals surface area contributed by atoms with E-state index in [2.05, 4.69) is 33.8 Å². The first-order chi connectivity index (χ1) is 11.7. The Morgan fingerprint density at radius 1 is 1.42 bits per heavy atom. The van der Waals surface area contributed by atoms with Crippen molar-refractivity contribution in [1.82, 2.24) is 25.5 Å². The van der Waals surface area contributed by atoms with Gasteiger partial charge in [0.25, 0.3) is 5.91 Å². The van der Waals surface area contributed by atoms with Crippen molar-refractivity contribution in [3.63, 3.8) is 0 Å². The summed E-state index contributed by atoms with van der Waals surface area (Å²) in [7, 11) is 1.56. The van der Waals surface area contributed by atoms with Crippen LogP contribution >= 0.6 is 11.3 Å². The molecule has 1 amide bonds. The molecule has 3 aromatic rings. The number of nitrogens with zero attached hydrogens (tertiary/aromatic N) is 4. The van der Waals surface area contributed by atoms with Crippen molar-refractivity contribution in [1.29, 1.82) is 0 Å². The van der Waals surface area contributed by atoms with Gasteiger partial charge in [-0.05, 0) is 40.1 Å². The Hall–Kier alpha value is -2.74. The minimum absolute atomic E-state index is 0.143. The quantitative estimate of drug-likeness (QED) is 0.742. The van der Waals surface area contributed by atoms with Crippen LogP contribution in [-0.2, 0) is 0 Å². The lowest BCUT2D eigenvalue weighted by molar-refractivity contribution is 0.0951. The summed E-state index contributed by atoms with van der Waals surface area (Å²) in [5.41, 5.74) is 1.14. The van der Waals surface area contributed by atoms with Crippen LogP contribution in [-0.4, -0.2) is 39.8 Å². The van der Waals surface area contributed by atoms with Crippen molar-refractivity contribution in [2.24, 2.45) is 0 Å². The molecule has 0 saturated heterocycles. The third kappa shape index (κ3) is 3.43. The second kappa shape index (κ2) is 7.22. The van der Waals surface area contributed by atoms with E-state index < -0.39 is 0 Å². The smallest absolute Gasteiger partial charge is 0.251 e. The highest BCUT2D eigenvalue weighted by Gasteiger charge is 2.14. The van der Waals surface area contributed by atoms with Crippen LogP contribution in [0.2, 0.25) is 0 Å². The Kier molecular flexibility index (Phi) is 4.85. The minimum atomic E-state index is -0.143. The van der Waals surface area contributed by atoms with Crippen LogP contribution in [0.3, 0.4) is 0 Å². The van der Waals surface area contributed by atoms with E-state index in [0.29, 0.717) is 23.5 Å². The molecule has 124 valence electrons. The van der Waals surface area contributed by atoms with E-state index in [1.165, 1.54) is 15.9 Å². The maximum Gasteiger partial charge on any atom is 0.251 e. The minimum Gasteiger partial charge on any atom is -0.494 e. The summed E-state index contributed by atoms with van der Waals surface area (Å²) in [6.07, 6.45) is 1.46. The average Bonchev–Trinajstić information content (AvgIpc) is 3.32. The maximum absolute atomic E-state index is 12.4. The molecular formula is C16H17N5O2S. The fraction of sp³-hybridized carbons (Fsp3) is 0.250. The molecule has 0 saturated carbocycles. The summed E-state index contributed by atoms with van der Waals surface area (Å²) in [4.78, 5) is 13.7. The number of carbonyl (C=O) groups excluding carboxylic acids is 1. The van der Waals surface area contributed by atoms with Crippen molar-refractivity contribution >= 4 is 17.2 Å². The van der Waals surface area contributed by atoms with Crippen molar-refractivity contribution in [3.8, 4) is 11.4 Å². The van der Waals surface area contributed by atoms with Gasteiger partial charge in [-0.15, -0.1) is 16.4 Å². The predicted molar refractivity (Wildman–Crippen MR) is 90.8 cm³/mol. The number of tetrazole rings is 1. The molecule has 0 bridgehead atoms. The summed E-state index contributed by atoms with van der Waals surface area (Å²) in [5, 5.41) is 16.1. The van der Waals surface area contributed by atoms with Crippen LogP contribution in [0.1, 0.15) is 28.1 Å². The predicted octanol–water partition coefficient (Wildman–Crippen LogP) is 2.27. The number of carbonyl (C=O) groups is 1. The van der Waals surface area contributed by atoms with E-state index in [4.69, 9.17) is 4.74 Å². The molecule has 1 atom stereocenters. The van der Waals surface area contributed by atoms with Crippen molar-refractivity contribution in [2.45, 2.75) is 12.8 Å². The SMILES string of the molecule is COc1ccc(C(=O)NC[C@H](C)c2cccs2)cc1-n1cnnn1. The van der Waals surface area contributed by atoms with Crippen LogP contribution in [0.15, 0.2) is 42.0 Å². The lowest BCUT2D eigenvalue weighted by Crippen LogP contribution is -2.27. The lowest BCUT2D eigenvalue weighted by Gasteiger charge is -2.13. The van der Waals surface area contributed by atoms with Crippen LogP contribution < -0.4 is 10.1 Å². The van der Waals surface area contributed by atoms with Gasteiger partial charge in [0.1, 0.15) is 17.8 Å². The van der Waals surface area contributed by atoms with Gasteiger partial charge in [0, 0.05) is 22.9 Å². The zero-order valence-corrected chi connectivity index (χ0v) is 14.2. The van der Waals surface area contributed by atoms with E-state index in [0.717, 1.165) is 0 Å². The number of rotatable bonds is 6. The summed E-state index contributed by atoms with van der Waals surface area (Å²) >= 11 is 1.69. The number of amides is 1. The van der Waals surface area contributed by atoms with Crippen LogP contribution in [0, 0.1) is 0 Å². The second-order valence-electron chi connectivity index (χ2n) is 5.27. The molecule has 24 heavy (non-hydrogen) atoms. The van der Waals surface area contributed by atoms with Gasteiger partial charge >= 0.3 is 0 Å². The summed E-state index contributed by atoms with van der Waals surface area (Å²) in [6.45, 7) is 2.66. The number of methoxy groups -OCH3 is 1. The Morgan fingerprint density at radius 2 is 2.29 bits per heavy atom. The van der Waals surface area contributed by atoms with Crippen LogP contribution in [0.4, 0.5) is 0 Å². The normalized spacial score (nSPS) is 11.9. The second-order valence-corrected chi connectivity index (χ2v) is 6.25. The van der Waals surface area contributed by atoms with Gasteiger partial charge < -0.3 is 10.1 Å². The summed E-state index contributed by atoms with van der Waals surface area (Å²) in [6, 6.07) is 9.25. The van der Waals surface area contributed by atoms with Crippen molar-refractivity contribution in [2.75, 3.05) is 13.7 Å². The molecule has 0 fully saturated rings. The van der Waals surface area contributed by atoms with Gasteiger partial charge in [0.05, 0.1) is 7.11 Å². The molecule has 0 aliphatic carbocycles. The molecular weight excluding hydrogens is 326 g/mol. The van der Waals surface area contributed by atoms with E-state index >= 15 is 0 Å². The van der Waals surface area contributed by atoms with Crippen molar-refractivity contribution < 1.29 is 9.53 Å². The Bertz CT molecular complexity index is 802. The fourth-order valence-corrected chi connectivity index (χ4v) is 3.09. The third-order valence-corrected chi connectivity index (χ3v) is 4.74. The number of hydrogen-bond acceptors (Lipinski definition) is 6. The molecule has 2 heterocycles. The topological polar surface area (TPSA) is 81.9 Å². The van der Waals surface area contributed by atoms with E-state index in [-0.39, 0.29) is 11.8 Å². The molecule has 8 heteroatoms. The maximum atomic E-state index is 12.4. The van der Waals surface area contributed by atoms with Gasteiger partial charge in [0.2, 0.25) is 0 Å². The molecule has 0 spiro atoms. The number of nitrogens with one attached hydrogen (secondary N) is 1. The van der Waals surface area contributed by atoms with Gasteiger partial charge in [-0.1, -0.05) is 13.0 Å². The molecule has 0 aliphatic heterocycles. The first-order valence-electron chi connectivity index (χ1n) is 7.42. The molecule has 0 unspecified atom stereocenters. The Labute approximate surface area is 143 Å². The molecule has 1 aromatic carbocycles. The van der Waals surface area contributed by atoms with Gasteiger partial charge in [-0.3, -0.25) is 4.79 Å². The van der Waals surface area contributed by atoms with Crippen LogP contribution in [0.25, 0.3) is 5.69 Å². The number of thiophene rings is 1. The highest BCUT2D eigenvalue weighted by Crippen LogP contribution is 2.23. The Morgan fingerprint density at radius 3 is 2.96 bits per heavy atom. The molecule has 7 nitrogen and oxygen atoms in total. The Balaban J connectivity index is 1.74. The van der Waals surface area contributed by atoms with Crippen LogP contribution in [0.5, 0.6) is 5.75 Å². The van der Waals surface area contributed by atoms with E-state index in [1.807, 2.05) is 11.4 Å². The first-order valence-corrected chi connectivity index (χ1v) is 8.30. The molecule has 3 rings (SSSR count). The molecule has 1 N–H and O–H groups in total. The van der Waals surface area contributed by atoms with E-state index in [1.54, 1.807) is 36.6 Å². The van der Waals surface area contributed by atoms with Gasteiger partial charge in [-0.25, -0.2) is 0 Å². The highest BCUT2D eigenvalue weighted by atomic mass is 32.1. The fourth-order valence-electron chi connectivity index (χ4n) is 2.30. The monoisotopic (exact) mass is 343 g/mol. The van der Waals surface area contributed by atoms with Gasteiger partial charge in [0.15, 0.2) is 0 Å². The number of ether oxygens (including phenoxy) is 1. The molecule has 0 radical (unpaired) electrons. The first kappa shape index (κ1) is 16.1. The summed E-state index contributed by atoms with van der Waals surface area (Å²) < 4.78 is 6.77. The highest BCUT2D eigenvalue weighted by molar-refractivity contribution is 7.10. The zero-order valence-electron chi connectivity index (χ0n) is 13.3. The zero-order chi connectivity index (χ0) is 16.9. The molecule has 2 aromatic heterocycles. The van der Waals surface area contributed by atoms with Crippen molar-refractivity contribution in [3.05, 3.63) is 52.5 Å². The van der Waals surface area contributed by atoms with Gasteiger partial charge in [-0.2, -0.15) is 4.68 Å². The number of benzene rings is 1. The number of hydrogen-bond donors (Lipinski definition) is 1. The largest absolute Gasteiger partial charge is 0.494 e. The average molecular weight is 343 g/mol. The standard InChI is InChI=1S/C16H17N5O2S/c1-11(15-4-3-7-24-15)9-17-16(22)12-5-6-14(23-2)13(8-12)21-10-18-19-20-21/h3-8,10-11H,9H2,1-2H3,(H,17,22)/t11-/m0/s1. The summed E-state index contributed by atoms with van der Waals surface area (Å²) in [5.74, 6) is 0.715. The third-order valence-electron chi connectivity index (χ3n) is 3.63. The molecule has 0 aliphatic rings.